The molecule has 1 aliphatic heterocycles. The van der Waals surface area contributed by atoms with Gasteiger partial charge in [-0.25, -0.2) is 0 Å². The lowest BCUT2D eigenvalue weighted by Gasteiger charge is -2.15. The van der Waals surface area contributed by atoms with E-state index < -0.39 is 0 Å². The normalized spacial score (nSPS) is 17.2. The summed E-state index contributed by atoms with van der Waals surface area (Å²) in [6, 6.07) is 6.84. The highest BCUT2D eigenvalue weighted by atomic mass is 32.2. The van der Waals surface area contributed by atoms with Crippen molar-refractivity contribution in [1.29, 1.82) is 0 Å². The Morgan fingerprint density at radius 2 is 1.95 bits per heavy atom. The third kappa shape index (κ3) is 3.79. The van der Waals surface area contributed by atoms with E-state index in [4.69, 9.17) is 0 Å². The average molecular weight is 353 g/mol. The summed E-state index contributed by atoms with van der Waals surface area (Å²) in [6.45, 7) is 9.09. The first-order chi connectivity index (χ1) is 9.93. The maximum atomic E-state index is 2.42. The molecule has 0 atom stereocenters. The van der Waals surface area contributed by atoms with Crippen LogP contribution in [0.15, 0.2) is 34.1 Å². The fourth-order valence-electron chi connectivity index (χ4n) is 2.33. The van der Waals surface area contributed by atoms with Crippen molar-refractivity contribution in [1.82, 2.24) is 0 Å². The standard InChI is InChI=1S/C17H20S4/c1-11-5-6-14(19-11)16-9-15(12(2)20-16)18-10-13-7-8-17(3,4)21-13/h5-7,9H,8,10H2,1-4H3. The lowest BCUT2D eigenvalue weighted by molar-refractivity contribution is 0.740. The Hall–Kier alpha value is -0.160. The molecule has 2 aromatic heterocycles. The van der Waals surface area contributed by atoms with Gasteiger partial charge in [-0.3, -0.25) is 0 Å². The minimum absolute atomic E-state index is 0.402. The summed E-state index contributed by atoms with van der Waals surface area (Å²) >= 11 is 7.86. The Balaban J connectivity index is 1.68. The quantitative estimate of drug-likeness (QED) is 0.544. The van der Waals surface area contributed by atoms with Crippen LogP contribution in [0.25, 0.3) is 9.75 Å². The summed E-state index contributed by atoms with van der Waals surface area (Å²) in [7, 11) is 0. The van der Waals surface area contributed by atoms with E-state index in [0.29, 0.717) is 4.75 Å². The number of aryl methyl sites for hydroxylation is 2. The van der Waals surface area contributed by atoms with Gasteiger partial charge in [0.05, 0.1) is 0 Å². The molecule has 0 aliphatic carbocycles. The minimum atomic E-state index is 0.402. The van der Waals surface area contributed by atoms with Gasteiger partial charge in [0.25, 0.3) is 0 Å². The van der Waals surface area contributed by atoms with E-state index in [1.54, 1.807) is 4.91 Å². The molecule has 1 aliphatic rings. The van der Waals surface area contributed by atoms with Crippen LogP contribution in [0.2, 0.25) is 0 Å². The van der Waals surface area contributed by atoms with Crippen molar-refractivity contribution in [2.75, 3.05) is 5.75 Å². The molecule has 0 bridgehead atoms. The van der Waals surface area contributed by atoms with Gasteiger partial charge in [0, 0.05) is 34.9 Å². The third-order valence-electron chi connectivity index (χ3n) is 3.45. The summed E-state index contributed by atoms with van der Waals surface area (Å²) in [4.78, 5) is 8.66. The van der Waals surface area contributed by atoms with Crippen molar-refractivity contribution in [3.63, 3.8) is 0 Å². The molecule has 0 unspecified atom stereocenters. The molecule has 0 saturated carbocycles. The Bertz CT molecular complexity index is 673. The highest BCUT2D eigenvalue weighted by Crippen LogP contribution is 2.45. The SMILES string of the molecule is Cc1ccc(-c2cc(SCC3=CCC(C)(C)S3)c(C)s2)s1. The molecule has 3 rings (SSSR count). The van der Waals surface area contributed by atoms with Gasteiger partial charge < -0.3 is 0 Å². The second-order valence-corrected chi connectivity index (χ2v) is 11.4. The zero-order valence-electron chi connectivity index (χ0n) is 12.9. The van der Waals surface area contributed by atoms with E-state index in [1.807, 2.05) is 46.2 Å². The Kier molecular flexibility index (Phi) is 4.60. The smallest absolute Gasteiger partial charge is 0.0457 e. The zero-order chi connectivity index (χ0) is 15.0. The largest absolute Gasteiger partial charge is 0.140 e. The molecule has 2 aromatic rings. The molecule has 3 heterocycles. The highest BCUT2D eigenvalue weighted by molar-refractivity contribution is 8.07. The monoisotopic (exact) mass is 352 g/mol. The second-order valence-electron chi connectivity index (χ2n) is 5.97. The Morgan fingerprint density at radius 3 is 2.57 bits per heavy atom. The van der Waals surface area contributed by atoms with E-state index in [2.05, 4.69) is 52.0 Å². The van der Waals surface area contributed by atoms with Crippen LogP contribution >= 0.6 is 46.2 Å². The van der Waals surface area contributed by atoms with Crippen molar-refractivity contribution in [2.45, 2.75) is 43.8 Å². The van der Waals surface area contributed by atoms with Crippen LogP contribution in [0, 0.1) is 13.8 Å². The lowest BCUT2D eigenvalue weighted by atomic mass is 10.1. The third-order valence-corrected chi connectivity index (χ3v) is 8.50. The van der Waals surface area contributed by atoms with Crippen LogP contribution in [0.3, 0.4) is 0 Å². The number of allylic oxidation sites excluding steroid dienone is 1. The molecule has 0 N–H and O–H groups in total. The summed E-state index contributed by atoms with van der Waals surface area (Å²) in [6.07, 6.45) is 3.62. The minimum Gasteiger partial charge on any atom is -0.140 e. The molecule has 0 nitrogen and oxygen atoms in total. The van der Waals surface area contributed by atoms with E-state index >= 15 is 0 Å². The first-order valence-corrected chi connectivity index (χ1v) is 10.5. The van der Waals surface area contributed by atoms with Crippen molar-refractivity contribution in [3.8, 4) is 9.75 Å². The molecule has 4 heteroatoms. The zero-order valence-corrected chi connectivity index (χ0v) is 16.1. The summed E-state index contributed by atoms with van der Waals surface area (Å²) in [5.41, 5.74) is 0. The van der Waals surface area contributed by atoms with Crippen LogP contribution < -0.4 is 0 Å². The van der Waals surface area contributed by atoms with Crippen molar-refractivity contribution in [2.24, 2.45) is 0 Å². The first-order valence-electron chi connectivity index (χ1n) is 7.11. The van der Waals surface area contributed by atoms with Crippen LogP contribution in [0.4, 0.5) is 0 Å². The van der Waals surface area contributed by atoms with Gasteiger partial charge in [-0.05, 0) is 43.4 Å². The fourth-order valence-corrected chi connectivity index (χ4v) is 6.85. The highest BCUT2D eigenvalue weighted by Gasteiger charge is 2.25. The molecular formula is C17H20S4. The average Bonchev–Trinajstić information content (AvgIpc) is 3.07. The number of hydrogen-bond acceptors (Lipinski definition) is 4. The summed E-state index contributed by atoms with van der Waals surface area (Å²) < 4.78 is 0.402. The van der Waals surface area contributed by atoms with Gasteiger partial charge in [-0.2, -0.15) is 0 Å². The number of rotatable bonds is 4. The maximum absolute atomic E-state index is 2.42. The van der Waals surface area contributed by atoms with Crippen LogP contribution in [-0.4, -0.2) is 10.5 Å². The Labute approximate surface area is 144 Å². The van der Waals surface area contributed by atoms with E-state index in [0.717, 1.165) is 5.75 Å². The van der Waals surface area contributed by atoms with Gasteiger partial charge >= 0.3 is 0 Å². The molecule has 112 valence electrons. The maximum Gasteiger partial charge on any atom is 0.0457 e. The van der Waals surface area contributed by atoms with Gasteiger partial charge in [0.2, 0.25) is 0 Å². The number of thiophene rings is 2. The second kappa shape index (κ2) is 6.15. The van der Waals surface area contributed by atoms with Gasteiger partial charge in [-0.1, -0.05) is 19.9 Å². The van der Waals surface area contributed by atoms with Crippen molar-refractivity contribution >= 4 is 46.2 Å². The fraction of sp³-hybridized carbons (Fsp3) is 0.412. The topological polar surface area (TPSA) is 0 Å². The van der Waals surface area contributed by atoms with Crippen molar-refractivity contribution in [3.05, 3.63) is 38.9 Å². The van der Waals surface area contributed by atoms with Gasteiger partial charge in [0.15, 0.2) is 0 Å². The van der Waals surface area contributed by atoms with Crippen LogP contribution in [-0.2, 0) is 0 Å². The number of hydrogen-bond donors (Lipinski definition) is 0. The lowest BCUT2D eigenvalue weighted by Crippen LogP contribution is -2.08. The van der Waals surface area contributed by atoms with Gasteiger partial charge in [0.1, 0.15) is 0 Å². The van der Waals surface area contributed by atoms with Crippen molar-refractivity contribution < 1.29 is 0 Å². The molecule has 0 aromatic carbocycles. The van der Waals surface area contributed by atoms with E-state index in [1.165, 1.54) is 30.8 Å². The van der Waals surface area contributed by atoms with E-state index in [-0.39, 0.29) is 0 Å². The van der Waals surface area contributed by atoms with Crippen LogP contribution in [0.1, 0.15) is 30.0 Å². The molecule has 21 heavy (non-hydrogen) atoms. The molecule has 0 saturated heterocycles. The summed E-state index contributed by atoms with van der Waals surface area (Å²) in [5.74, 6) is 1.12. The molecule has 0 radical (unpaired) electrons. The van der Waals surface area contributed by atoms with Crippen LogP contribution in [0.5, 0.6) is 0 Å². The first kappa shape index (κ1) is 15.7. The number of thioether (sulfide) groups is 2. The predicted octanol–water partition coefficient (Wildman–Crippen LogP) is 6.98. The molecule has 0 fully saturated rings. The summed E-state index contributed by atoms with van der Waals surface area (Å²) in [5, 5.41) is 0. The Morgan fingerprint density at radius 1 is 1.14 bits per heavy atom. The van der Waals surface area contributed by atoms with Gasteiger partial charge in [-0.15, -0.1) is 46.2 Å². The predicted molar refractivity (Wildman–Crippen MR) is 102 cm³/mol. The molecule has 0 spiro atoms. The van der Waals surface area contributed by atoms with E-state index in [9.17, 15) is 0 Å². The molecule has 0 amide bonds. The molecular weight excluding hydrogens is 332 g/mol.